The standard InChI is InChI=1S/C16H17FN2O/c1-2-11-5-3-4-6-13(11)10-19-15-9-12(16(18)20)7-8-14(15)17/h3-9,19H,2,10H2,1H3,(H2,18,20). The predicted octanol–water partition coefficient (Wildman–Crippen LogP) is 3.10. The van der Waals surface area contributed by atoms with Crippen LogP contribution in [0, 0.1) is 5.82 Å². The average Bonchev–Trinajstić information content (AvgIpc) is 2.46. The minimum Gasteiger partial charge on any atom is -0.379 e. The van der Waals surface area contributed by atoms with Crippen LogP contribution in [0.2, 0.25) is 0 Å². The third kappa shape index (κ3) is 3.15. The highest BCUT2D eigenvalue weighted by molar-refractivity contribution is 5.93. The van der Waals surface area contributed by atoms with Crippen LogP contribution >= 0.6 is 0 Å². The Kier molecular flexibility index (Phi) is 4.35. The first-order valence-electron chi connectivity index (χ1n) is 6.51. The molecule has 4 heteroatoms. The number of carbonyl (C=O) groups is 1. The first-order chi connectivity index (χ1) is 9.61. The van der Waals surface area contributed by atoms with Crippen LogP contribution in [0.3, 0.4) is 0 Å². The number of amides is 1. The molecule has 2 aromatic rings. The molecule has 0 aliphatic rings. The lowest BCUT2D eigenvalue weighted by atomic mass is 10.1. The molecule has 0 radical (unpaired) electrons. The third-order valence-electron chi connectivity index (χ3n) is 3.22. The summed E-state index contributed by atoms with van der Waals surface area (Å²) in [6, 6.07) is 12.0. The molecule has 0 bridgehead atoms. The summed E-state index contributed by atoms with van der Waals surface area (Å²) in [5.74, 6) is -0.967. The van der Waals surface area contributed by atoms with E-state index in [0.717, 1.165) is 12.0 Å². The molecule has 104 valence electrons. The summed E-state index contributed by atoms with van der Waals surface area (Å²) in [6.07, 6.45) is 0.918. The lowest BCUT2D eigenvalue weighted by molar-refractivity contribution is 0.100. The van der Waals surface area contributed by atoms with Crippen LogP contribution in [0.5, 0.6) is 0 Å². The molecule has 0 atom stereocenters. The van der Waals surface area contributed by atoms with Crippen molar-refractivity contribution in [2.75, 3.05) is 5.32 Å². The summed E-state index contributed by atoms with van der Waals surface area (Å²) in [5.41, 5.74) is 8.09. The Morgan fingerprint density at radius 3 is 2.55 bits per heavy atom. The van der Waals surface area contributed by atoms with Crippen LogP contribution in [0.25, 0.3) is 0 Å². The molecule has 0 spiro atoms. The van der Waals surface area contributed by atoms with Gasteiger partial charge in [-0.15, -0.1) is 0 Å². The predicted molar refractivity (Wildman–Crippen MR) is 78.1 cm³/mol. The van der Waals surface area contributed by atoms with E-state index in [0.29, 0.717) is 6.54 Å². The van der Waals surface area contributed by atoms with E-state index in [2.05, 4.69) is 12.2 Å². The van der Waals surface area contributed by atoms with E-state index in [9.17, 15) is 9.18 Å². The van der Waals surface area contributed by atoms with Gasteiger partial charge in [0.2, 0.25) is 5.91 Å². The molecule has 0 aromatic heterocycles. The van der Waals surface area contributed by atoms with Crippen LogP contribution < -0.4 is 11.1 Å². The number of rotatable bonds is 5. The number of nitrogens with one attached hydrogen (secondary N) is 1. The van der Waals surface area contributed by atoms with Crippen LogP contribution in [0.4, 0.5) is 10.1 Å². The van der Waals surface area contributed by atoms with E-state index in [4.69, 9.17) is 5.73 Å². The minimum absolute atomic E-state index is 0.284. The van der Waals surface area contributed by atoms with Gasteiger partial charge in [0.1, 0.15) is 5.82 Å². The average molecular weight is 272 g/mol. The molecular formula is C16H17FN2O. The maximum atomic E-state index is 13.7. The van der Waals surface area contributed by atoms with E-state index < -0.39 is 11.7 Å². The first-order valence-corrected chi connectivity index (χ1v) is 6.51. The van der Waals surface area contributed by atoms with E-state index in [-0.39, 0.29) is 11.3 Å². The molecule has 3 nitrogen and oxygen atoms in total. The van der Waals surface area contributed by atoms with Crippen molar-refractivity contribution in [3.8, 4) is 0 Å². The summed E-state index contributed by atoms with van der Waals surface area (Å²) in [6.45, 7) is 2.58. The highest BCUT2D eigenvalue weighted by Crippen LogP contribution is 2.18. The summed E-state index contributed by atoms with van der Waals surface area (Å²) >= 11 is 0. The summed E-state index contributed by atoms with van der Waals surface area (Å²) in [5, 5.41) is 3.02. The van der Waals surface area contributed by atoms with Gasteiger partial charge in [-0.05, 0) is 35.7 Å². The zero-order chi connectivity index (χ0) is 14.5. The molecule has 0 saturated heterocycles. The maximum Gasteiger partial charge on any atom is 0.248 e. The number of nitrogens with two attached hydrogens (primary N) is 1. The summed E-state index contributed by atoms with van der Waals surface area (Å²) in [7, 11) is 0. The van der Waals surface area contributed by atoms with Crippen LogP contribution in [0.15, 0.2) is 42.5 Å². The zero-order valence-electron chi connectivity index (χ0n) is 11.3. The molecule has 20 heavy (non-hydrogen) atoms. The van der Waals surface area contributed by atoms with Gasteiger partial charge < -0.3 is 11.1 Å². The monoisotopic (exact) mass is 272 g/mol. The molecule has 0 unspecified atom stereocenters. The fourth-order valence-corrected chi connectivity index (χ4v) is 2.08. The van der Waals surface area contributed by atoms with Gasteiger partial charge in [0.25, 0.3) is 0 Å². The lowest BCUT2D eigenvalue weighted by Gasteiger charge is -2.11. The molecule has 0 aliphatic heterocycles. The molecule has 0 saturated carbocycles. The molecule has 3 N–H and O–H groups in total. The summed E-state index contributed by atoms with van der Waals surface area (Å²) in [4.78, 5) is 11.1. The Balaban J connectivity index is 2.18. The number of hydrogen-bond acceptors (Lipinski definition) is 2. The normalized spacial score (nSPS) is 10.3. The van der Waals surface area contributed by atoms with Gasteiger partial charge in [0.05, 0.1) is 5.69 Å². The fraction of sp³-hybridized carbons (Fsp3) is 0.188. The second-order valence-electron chi connectivity index (χ2n) is 4.53. The quantitative estimate of drug-likeness (QED) is 0.878. The smallest absolute Gasteiger partial charge is 0.248 e. The van der Waals surface area contributed by atoms with Crippen molar-refractivity contribution in [2.45, 2.75) is 19.9 Å². The Hall–Kier alpha value is -2.36. The van der Waals surface area contributed by atoms with Crippen molar-refractivity contribution in [3.05, 3.63) is 65.0 Å². The number of halogens is 1. The van der Waals surface area contributed by atoms with Gasteiger partial charge in [-0.1, -0.05) is 31.2 Å². The van der Waals surface area contributed by atoms with Crippen molar-refractivity contribution in [3.63, 3.8) is 0 Å². The SMILES string of the molecule is CCc1ccccc1CNc1cc(C(N)=O)ccc1F. The van der Waals surface area contributed by atoms with Crippen LogP contribution in [-0.2, 0) is 13.0 Å². The largest absolute Gasteiger partial charge is 0.379 e. The Bertz CT molecular complexity index is 626. The second kappa shape index (κ2) is 6.19. The third-order valence-corrected chi connectivity index (χ3v) is 3.22. The van der Waals surface area contributed by atoms with Gasteiger partial charge in [-0.25, -0.2) is 4.39 Å². The Morgan fingerprint density at radius 2 is 1.90 bits per heavy atom. The molecule has 1 amide bonds. The van der Waals surface area contributed by atoms with Gasteiger partial charge in [0.15, 0.2) is 0 Å². The molecule has 0 aliphatic carbocycles. The van der Waals surface area contributed by atoms with Crippen molar-refractivity contribution >= 4 is 11.6 Å². The van der Waals surface area contributed by atoms with Crippen LogP contribution in [-0.4, -0.2) is 5.91 Å². The van der Waals surface area contributed by atoms with Gasteiger partial charge in [-0.3, -0.25) is 4.79 Å². The number of benzene rings is 2. The zero-order valence-corrected chi connectivity index (χ0v) is 11.3. The number of aryl methyl sites for hydroxylation is 1. The number of primary amides is 1. The molecule has 0 heterocycles. The highest BCUT2D eigenvalue weighted by atomic mass is 19.1. The first kappa shape index (κ1) is 14.1. The van der Waals surface area contributed by atoms with E-state index >= 15 is 0 Å². The maximum absolute atomic E-state index is 13.7. The number of carbonyl (C=O) groups excluding carboxylic acids is 1. The van der Waals surface area contributed by atoms with Crippen molar-refractivity contribution in [2.24, 2.45) is 5.73 Å². The number of anilines is 1. The fourth-order valence-electron chi connectivity index (χ4n) is 2.08. The van der Waals surface area contributed by atoms with Crippen molar-refractivity contribution in [1.29, 1.82) is 0 Å². The van der Waals surface area contributed by atoms with Crippen LogP contribution in [0.1, 0.15) is 28.4 Å². The van der Waals surface area contributed by atoms with Gasteiger partial charge in [0, 0.05) is 12.1 Å². The summed E-state index contributed by atoms with van der Waals surface area (Å²) < 4.78 is 13.7. The van der Waals surface area contributed by atoms with Gasteiger partial charge >= 0.3 is 0 Å². The Morgan fingerprint density at radius 1 is 1.20 bits per heavy atom. The molecule has 0 fully saturated rings. The second-order valence-corrected chi connectivity index (χ2v) is 4.53. The molecule has 2 aromatic carbocycles. The lowest BCUT2D eigenvalue weighted by Crippen LogP contribution is -2.12. The minimum atomic E-state index is -0.568. The van der Waals surface area contributed by atoms with Crippen molar-refractivity contribution < 1.29 is 9.18 Å². The highest BCUT2D eigenvalue weighted by Gasteiger charge is 2.07. The Labute approximate surface area is 117 Å². The van der Waals surface area contributed by atoms with E-state index in [1.54, 1.807) is 0 Å². The van der Waals surface area contributed by atoms with E-state index in [1.165, 1.54) is 23.8 Å². The van der Waals surface area contributed by atoms with Crippen molar-refractivity contribution in [1.82, 2.24) is 0 Å². The molecular weight excluding hydrogens is 255 g/mol. The van der Waals surface area contributed by atoms with E-state index in [1.807, 2.05) is 24.3 Å². The molecule has 2 rings (SSSR count). The number of hydrogen-bond donors (Lipinski definition) is 2. The van der Waals surface area contributed by atoms with Gasteiger partial charge in [-0.2, -0.15) is 0 Å². The topological polar surface area (TPSA) is 55.1 Å².